The number of carbonyl (C=O) groups is 1. The van der Waals surface area contributed by atoms with E-state index in [1.165, 1.54) is 6.92 Å². The molecule has 16 heavy (non-hydrogen) atoms. The van der Waals surface area contributed by atoms with Gasteiger partial charge in [0.2, 0.25) is 5.91 Å². The van der Waals surface area contributed by atoms with E-state index in [4.69, 9.17) is 12.2 Å². The highest BCUT2D eigenvalue weighted by Crippen LogP contribution is 2.13. The lowest BCUT2D eigenvalue weighted by atomic mass is 10.3. The van der Waals surface area contributed by atoms with Crippen molar-refractivity contribution >= 4 is 34.6 Å². The molecule has 1 rings (SSSR count). The molecule has 0 aliphatic rings. The summed E-state index contributed by atoms with van der Waals surface area (Å²) in [4.78, 5) is 12.6. The van der Waals surface area contributed by atoms with Crippen LogP contribution in [0.15, 0.2) is 24.3 Å². The molecule has 5 heteroatoms. The number of nitrogens with one attached hydrogen (secondary N) is 2. The van der Waals surface area contributed by atoms with Crippen LogP contribution in [0.4, 0.5) is 11.4 Å². The van der Waals surface area contributed by atoms with E-state index < -0.39 is 0 Å². The number of hydrogen-bond donors (Lipinski definition) is 2. The lowest BCUT2D eigenvalue weighted by Crippen LogP contribution is -2.26. The largest absolute Gasteiger partial charge is 0.355 e. The molecule has 0 heterocycles. The number of thiocarbonyl (C=S) groups is 1. The summed E-state index contributed by atoms with van der Waals surface area (Å²) in [5.74, 6) is -0.0791. The number of anilines is 2. The van der Waals surface area contributed by atoms with Gasteiger partial charge < -0.3 is 15.5 Å². The van der Waals surface area contributed by atoms with E-state index >= 15 is 0 Å². The van der Waals surface area contributed by atoms with Gasteiger partial charge in [-0.3, -0.25) is 4.79 Å². The van der Waals surface area contributed by atoms with Crippen LogP contribution in [0, 0.1) is 0 Å². The Hall–Kier alpha value is -1.62. The number of hydrogen-bond acceptors (Lipinski definition) is 2. The van der Waals surface area contributed by atoms with Crippen LogP contribution in [-0.2, 0) is 4.79 Å². The van der Waals surface area contributed by atoms with Crippen LogP contribution < -0.4 is 10.6 Å². The molecule has 0 saturated carbocycles. The zero-order valence-electron chi connectivity index (χ0n) is 9.57. The van der Waals surface area contributed by atoms with Crippen molar-refractivity contribution in [2.45, 2.75) is 6.92 Å². The van der Waals surface area contributed by atoms with Crippen LogP contribution >= 0.6 is 12.2 Å². The van der Waals surface area contributed by atoms with Gasteiger partial charge in [-0.05, 0) is 36.5 Å². The van der Waals surface area contributed by atoms with Crippen molar-refractivity contribution in [3.8, 4) is 0 Å². The van der Waals surface area contributed by atoms with Crippen LogP contribution in [0.1, 0.15) is 6.92 Å². The highest BCUT2D eigenvalue weighted by molar-refractivity contribution is 7.80. The average Bonchev–Trinajstić information content (AvgIpc) is 2.20. The zero-order valence-corrected chi connectivity index (χ0v) is 10.4. The Kier molecular flexibility index (Phi) is 4.25. The summed E-state index contributed by atoms with van der Waals surface area (Å²) in [6, 6.07) is 7.37. The van der Waals surface area contributed by atoms with Gasteiger partial charge in [0.05, 0.1) is 0 Å². The molecule has 0 atom stereocenters. The minimum atomic E-state index is -0.0791. The molecule has 0 saturated heterocycles. The molecular formula is C11H15N3OS. The lowest BCUT2D eigenvalue weighted by Gasteiger charge is -2.15. The number of benzene rings is 1. The van der Waals surface area contributed by atoms with Crippen molar-refractivity contribution in [2.24, 2.45) is 0 Å². The van der Waals surface area contributed by atoms with Gasteiger partial charge in [-0.2, -0.15) is 0 Å². The Balaban J connectivity index is 2.64. The van der Waals surface area contributed by atoms with E-state index in [0.29, 0.717) is 5.11 Å². The van der Waals surface area contributed by atoms with E-state index in [-0.39, 0.29) is 5.91 Å². The second-order valence-corrected chi connectivity index (χ2v) is 3.97. The third-order valence-corrected chi connectivity index (χ3v) is 2.33. The summed E-state index contributed by atoms with van der Waals surface area (Å²) < 4.78 is 0. The van der Waals surface area contributed by atoms with Gasteiger partial charge in [0.25, 0.3) is 0 Å². The average molecular weight is 237 g/mol. The molecule has 86 valence electrons. The van der Waals surface area contributed by atoms with E-state index in [0.717, 1.165) is 11.4 Å². The maximum absolute atomic E-state index is 10.8. The first-order valence-corrected chi connectivity index (χ1v) is 5.26. The standard InChI is InChI=1S/C11H15N3OS/c1-8(15)12-9-4-6-10(7-5-9)13-11(16)14(2)3/h4-7H,1-3H3,(H,12,15)(H,13,16). The number of nitrogens with zero attached hydrogens (tertiary/aromatic N) is 1. The van der Waals surface area contributed by atoms with Gasteiger partial charge >= 0.3 is 0 Å². The topological polar surface area (TPSA) is 44.4 Å². The summed E-state index contributed by atoms with van der Waals surface area (Å²) in [7, 11) is 3.75. The molecule has 0 bridgehead atoms. The van der Waals surface area contributed by atoms with Crippen LogP contribution in [0.3, 0.4) is 0 Å². The molecule has 1 amide bonds. The van der Waals surface area contributed by atoms with Crippen molar-refractivity contribution < 1.29 is 4.79 Å². The number of carbonyl (C=O) groups excluding carboxylic acids is 1. The molecule has 0 unspecified atom stereocenters. The Labute approximate surface area is 101 Å². The normalized spacial score (nSPS) is 9.44. The van der Waals surface area contributed by atoms with E-state index in [1.807, 2.05) is 43.3 Å². The highest BCUT2D eigenvalue weighted by Gasteiger charge is 2.00. The summed E-state index contributed by atoms with van der Waals surface area (Å²) in [5, 5.41) is 6.41. The highest BCUT2D eigenvalue weighted by atomic mass is 32.1. The second-order valence-electron chi connectivity index (χ2n) is 3.58. The van der Waals surface area contributed by atoms with Crippen molar-refractivity contribution in [3.05, 3.63) is 24.3 Å². The molecule has 1 aromatic rings. The van der Waals surface area contributed by atoms with Crippen molar-refractivity contribution in [1.29, 1.82) is 0 Å². The van der Waals surface area contributed by atoms with Gasteiger partial charge in [0.15, 0.2) is 5.11 Å². The first-order chi connectivity index (χ1) is 7.49. The summed E-state index contributed by atoms with van der Waals surface area (Å²) >= 11 is 5.11. The summed E-state index contributed by atoms with van der Waals surface area (Å²) in [6.45, 7) is 1.48. The predicted molar refractivity (Wildman–Crippen MR) is 70.7 cm³/mol. The fraction of sp³-hybridized carbons (Fsp3) is 0.273. The van der Waals surface area contributed by atoms with E-state index in [9.17, 15) is 4.79 Å². The van der Waals surface area contributed by atoms with Crippen molar-refractivity contribution in [2.75, 3.05) is 24.7 Å². The van der Waals surface area contributed by atoms with Crippen LogP contribution in [0.5, 0.6) is 0 Å². The maximum atomic E-state index is 10.8. The van der Waals surface area contributed by atoms with Crippen molar-refractivity contribution in [1.82, 2.24) is 4.90 Å². The van der Waals surface area contributed by atoms with Gasteiger partial charge in [-0.15, -0.1) is 0 Å². The van der Waals surface area contributed by atoms with Gasteiger partial charge in [0, 0.05) is 32.4 Å². The Bertz CT molecular complexity index is 387. The molecule has 0 aliphatic carbocycles. The molecule has 4 nitrogen and oxygen atoms in total. The molecular weight excluding hydrogens is 222 g/mol. The SMILES string of the molecule is CC(=O)Nc1ccc(NC(=S)N(C)C)cc1. The Morgan fingerprint density at radius 3 is 1.94 bits per heavy atom. The quantitative estimate of drug-likeness (QED) is 0.771. The first kappa shape index (κ1) is 12.4. The molecule has 0 aromatic heterocycles. The Morgan fingerprint density at radius 1 is 1.12 bits per heavy atom. The fourth-order valence-electron chi connectivity index (χ4n) is 1.08. The molecule has 0 radical (unpaired) electrons. The van der Waals surface area contributed by atoms with Gasteiger partial charge in [-0.1, -0.05) is 0 Å². The van der Waals surface area contributed by atoms with E-state index in [1.54, 1.807) is 0 Å². The van der Waals surface area contributed by atoms with Crippen LogP contribution in [-0.4, -0.2) is 30.0 Å². The zero-order chi connectivity index (χ0) is 12.1. The van der Waals surface area contributed by atoms with Gasteiger partial charge in [0.1, 0.15) is 0 Å². The molecule has 0 fully saturated rings. The molecule has 2 N–H and O–H groups in total. The van der Waals surface area contributed by atoms with Crippen LogP contribution in [0.25, 0.3) is 0 Å². The minimum absolute atomic E-state index is 0.0791. The maximum Gasteiger partial charge on any atom is 0.221 e. The number of amides is 1. The minimum Gasteiger partial charge on any atom is -0.355 e. The Morgan fingerprint density at radius 2 is 1.56 bits per heavy atom. The number of rotatable bonds is 2. The van der Waals surface area contributed by atoms with Crippen LogP contribution in [0.2, 0.25) is 0 Å². The predicted octanol–water partition coefficient (Wildman–Crippen LogP) is 1.90. The monoisotopic (exact) mass is 237 g/mol. The van der Waals surface area contributed by atoms with Crippen molar-refractivity contribution in [3.63, 3.8) is 0 Å². The third-order valence-electron chi connectivity index (χ3n) is 1.86. The smallest absolute Gasteiger partial charge is 0.221 e. The van der Waals surface area contributed by atoms with E-state index in [2.05, 4.69) is 10.6 Å². The molecule has 0 spiro atoms. The molecule has 0 aliphatic heterocycles. The molecule has 1 aromatic carbocycles. The fourth-order valence-corrected chi connectivity index (χ4v) is 1.19. The lowest BCUT2D eigenvalue weighted by molar-refractivity contribution is -0.114. The summed E-state index contributed by atoms with van der Waals surface area (Å²) in [5.41, 5.74) is 1.67. The summed E-state index contributed by atoms with van der Waals surface area (Å²) in [6.07, 6.45) is 0. The van der Waals surface area contributed by atoms with Gasteiger partial charge in [-0.25, -0.2) is 0 Å². The second kappa shape index (κ2) is 5.46. The third kappa shape index (κ3) is 3.86. The first-order valence-electron chi connectivity index (χ1n) is 4.85.